The second-order valence-electron chi connectivity index (χ2n) is 4.09. The van der Waals surface area contributed by atoms with E-state index < -0.39 is 6.04 Å². The predicted molar refractivity (Wildman–Crippen MR) is 65.0 cm³/mol. The van der Waals surface area contributed by atoms with E-state index in [1.807, 2.05) is 32.9 Å². The summed E-state index contributed by atoms with van der Waals surface area (Å²) >= 11 is 0. The molecule has 0 fully saturated rings. The molecule has 2 atom stereocenters. The van der Waals surface area contributed by atoms with E-state index in [0.29, 0.717) is 5.69 Å². The molecule has 0 saturated carbocycles. The first-order valence-electron chi connectivity index (χ1n) is 5.53. The minimum absolute atomic E-state index is 0.153. The van der Waals surface area contributed by atoms with E-state index in [2.05, 4.69) is 10.3 Å². The van der Waals surface area contributed by atoms with E-state index in [4.69, 9.17) is 5.73 Å². The van der Waals surface area contributed by atoms with Gasteiger partial charge in [-0.25, -0.2) is 0 Å². The van der Waals surface area contributed by atoms with Crippen LogP contribution in [0.25, 0.3) is 0 Å². The summed E-state index contributed by atoms with van der Waals surface area (Å²) in [6.07, 6.45) is 2.53. The van der Waals surface area contributed by atoms with Gasteiger partial charge in [-0.3, -0.25) is 9.78 Å². The number of aryl methyl sites for hydroxylation is 1. The van der Waals surface area contributed by atoms with Crippen molar-refractivity contribution in [2.75, 3.05) is 5.32 Å². The number of nitrogens with zero attached hydrogens (tertiary/aromatic N) is 1. The SMILES string of the molecule is CC[C@H](C)[C@H](N)C(=O)Nc1ccc(C)nc1. The lowest BCUT2D eigenvalue weighted by molar-refractivity contribution is -0.118. The molecule has 0 unspecified atom stereocenters. The zero-order valence-electron chi connectivity index (χ0n) is 10.0. The van der Waals surface area contributed by atoms with Gasteiger partial charge >= 0.3 is 0 Å². The summed E-state index contributed by atoms with van der Waals surface area (Å²) in [5.41, 5.74) is 7.43. The molecule has 0 aliphatic heterocycles. The van der Waals surface area contributed by atoms with E-state index in [9.17, 15) is 4.79 Å². The molecule has 0 saturated heterocycles. The molecule has 0 aliphatic carbocycles. The topological polar surface area (TPSA) is 68.0 Å². The van der Waals surface area contributed by atoms with E-state index in [0.717, 1.165) is 12.1 Å². The van der Waals surface area contributed by atoms with Crippen LogP contribution in [0.2, 0.25) is 0 Å². The highest BCUT2D eigenvalue weighted by Crippen LogP contribution is 2.10. The molecule has 0 bridgehead atoms. The fourth-order valence-electron chi connectivity index (χ4n) is 1.28. The number of hydrogen-bond donors (Lipinski definition) is 2. The number of hydrogen-bond acceptors (Lipinski definition) is 3. The molecule has 4 nitrogen and oxygen atoms in total. The molecule has 1 aromatic rings. The third kappa shape index (κ3) is 3.31. The van der Waals surface area contributed by atoms with E-state index in [1.165, 1.54) is 0 Å². The van der Waals surface area contributed by atoms with Crippen molar-refractivity contribution in [3.63, 3.8) is 0 Å². The van der Waals surface area contributed by atoms with Crippen LogP contribution < -0.4 is 11.1 Å². The monoisotopic (exact) mass is 221 g/mol. The largest absolute Gasteiger partial charge is 0.323 e. The molecule has 1 aromatic heterocycles. The Hall–Kier alpha value is -1.42. The van der Waals surface area contributed by atoms with Gasteiger partial charge in [0.1, 0.15) is 0 Å². The Morgan fingerprint density at radius 2 is 2.25 bits per heavy atom. The zero-order chi connectivity index (χ0) is 12.1. The lowest BCUT2D eigenvalue weighted by Crippen LogP contribution is -2.40. The average molecular weight is 221 g/mol. The van der Waals surface area contributed by atoms with Gasteiger partial charge in [0.25, 0.3) is 0 Å². The van der Waals surface area contributed by atoms with E-state index in [-0.39, 0.29) is 11.8 Å². The number of amides is 1. The van der Waals surface area contributed by atoms with Gasteiger partial charge in [-0.15, -0.1) is 0 Å². The number of carbonyl (C=O) groups is 1. The smallest absolute Gasteiger partial charge is 0.241 e. The minimum atomic E-state index is -0.466. The van der Waals surface area contributed by atoms with Crippen LogP contribution in [0, 0.1) is 12.8 Å². The van der Waals surface area contributed by atoms with Gasteiger partial charge in [0, 0.05) is 5.69 Å². The van der Waals surface area contributed by atoms with E-state index in [1.54, 1.807) is 6.20 Å². The summed E-state index contributed by atoms with van der Waals surface area (Å²) in [5, 5.41) is 2.76. The van der Waals surface area contributed by atoms with Gasteiger partial charge in [-0.05, 0) is 25.0 Å². The van der Waals surface area contributed by atoms with Crippen LogP contribution in [0.3, 0.4) is 0 Å². The van der Waals surface area contributed by atoms with Crippen LogP contribution >= 0.6 is 0 Å². The summed E-state index contributed by atoms with van der Waals surface area (Å²) in [7, 11) is 0. The summed E-state index contributed by atoms with van der Waals surface area (Å²) in [6, 6.07) is 3.21. The van der Waals surface area contributed by atoms with Gasteiger partial charge in [0.2, 0.25) is 5.91 Å². The Morgan fingerprint density at radius 3 is 2.75 bits per heavy atom. The zero-order valence-corrected chi connectivity index (χ0v) is 10.0. The quantitative estimate of drug-likeness (QED) is 0.813. The predicted octanol–water partition coefficient (Wildman–Crippen LogP) is 1.70. The van der Waals surface area contributed by atoms with Crippen LogP contribution in [0.1, 0.15) is 26.0 Å². The van der Waals surface area contributed by atoms with Crippen LogP contribution in [0.5, 0.6) is 0 Å². The third-order valence-corrected chi connectivity index (χ3v) is 2.74. The Bertz CT molecular complexity index is 348. The number of carbonyl (C=O) groups excluding carboxylic acids is 1. The van der Waals surface area contributed by atoms with Crippen LogP contribution in [-0.4, -0.2) is 16.9 Å². The summed E-state index contributed by atoms with van der Waals surface area (Å²) in [4.78, 5) is 15.8. The Balaban J connectivity index is 2.60. The number of nitrogens with one attached hydrogen (secondary N) is 1. The number of nitrogens with two attached hydrogens (primary N) is 1. The first kappa shape index (κ1) is 12.6. The van der Waals surface area contributed by atoms with Gasteiger partial charge < -0.3 is 11.1 Å². The fourth-order valence-corrected chi connectivity index (χ4v) is 1.28. The highest BCUT2D eigenvalue weighted by Gasteiger charge is 2.19. The molecule has 3 N–H and O–H groups in total. The molecule has 4 heteroatoms. The van der Waals surface area contributed by atoms with Gasteiger partial charge in [0.05, 0.1) is 17.9 Å². The van der Waals surface area contributed by atoms with Gasteiger partial charge in [-0.1, -0.05) is 20.3 Å². The first-order valence-corrected chi connectivity index (χ1v) is 5.53. The summed E-state index contributed by atoms with van der Waals surface area (Å²) in [5.74, 6) is 0.0263. The number of pyridine rings is 1. The van der Waals surface area contributed by atoms with Crippen LogP contribution in [-0.2, 0) is 4.79 Å². The third-order valence-electron chi connectivity index (χ3n) is 2.74. The second kappa shape index (κ2) is 5.61. The second-order valence-corrected chi connectivity index (χ2v) is 4.09. The van der Waals surface area contributed by atoms with Crippen molar-refractivity contribution < 1.29 is 4.79 Å². The van der Waals surface area contributed by atoms with Crippen LogP contribution in [0.15, 0.2) is 18.3 Å². The molecular weight excluding hydrogens is 202 g/mol. The molecule has 1 rings (SSSR count). The molecule has 0 radical (unpaired) electrons. The van der Waals surface area contributed by atoms with Crippen molar-refractivity contribution >= 4 is 11.6 Å². The normalized spacial score (nSPS) is 14.2. The van der Waals surface area contributed by atoms with Gasteiger partial charge in [0.15, 0.2) is 0 Å². The minimum Gasteiger partial charge on any atom is -0.323 e. The van der Waals surface area contributed by atoms with Crippen molar-refractivity contribution in [1.29, 1.82) is 0 Å². The molecule has 1 heterocycles. The van der Waals surface area contributed by atoms with Crippen molar-refractivity contribution in [3.05, 3.63) is 24.0 Å². The number of rotatable bonds is 4. The maximum atomic E-state index is 11.7. The molecule has 0 spiro atoms. The summed E-state index contributed by atoms with van der Waals surface area (Å²) in [6.45, 7) is 5.89. The Morgan fingerprint density at radius 1 is 1.56 bits per heavy atom. The fraction of sp³-hybridized carbons (Fsp3) is 0.500. The Labute approximate surface area is 96.3 Å². The lowest BCUT2D eigenvalue weighted by Gasteiger charge is -2.17. The molecule has 16 heavy (non-hydrogen) atoms. The number of anilines is 1. The maximum Gasteiger partial charge on any atom is 0.241 e. The first-order chi connectivity index (χ1) is 7.54. The standard InChI is InChI=1S/C12H19N3O/c1-4-8(2)11(13)12(16)15-10-6-5-9(3)14-7-10/h5-8,11H,4,13H2,1-3H3,(H,15,16)/t8-,11-/m0/s1. The van der Waals surface area contributed by atoms with E-state index >= 15 is 0 Å². The van der Waals surface area contributed by atoms with Crippen LogP contribution in [0.4, 0.5) is 5.69 Å². The van der Waals surface area contributed by atoms with Crippen molar-refractivity contribution in [3.8, 4) is 0 Å². The molecular formula is C12H19N3O. The number of aromatic nitrogens is 1. The molecule has 88 valence electrons. The van der Waals surface area contributed by atoms with Crippen molar-refractivity contribution in [2.45, 2.75) is 33.2 Å². The highest BCUT2D eigenvalue weighted by molar-refractivity contribution is 5.94. The van der Waals surface area contributed by atoms with Gasteiger partial charge in [-0.2, -0.15) is 0 Å². The highest BCUT2D eigenvalue weighted by atomic mass is 16.2. The molecule has 0 aliphatic rings. The molecule has 1 amide bonds. The van der Waals surface area contributed by atoms with Crippen molar-refractivity contribution in [1.82, 2.24) is 4.98 Å². The Kier molecular flexibility index (Phi) is 4.43. The van der Waals surface area contributed by atoms with Crippen molar-refractivity contribution in [2.24, 2.45) is 11.7 Å². The molecule has 0 aromatic carbocycles. The maximum absolute atomic E-state index is 11.7. The average Bonchev–Trinajstić information content (AvgIpc) is 2.30. The lowest BCUT2D eigenvalue weighted by atomic mass is 9.99. The summed E-state index contributed by atoms with van der Waals surface area (Å²) < 4.78 is 0.